The van der Waals surface area contributed by atoms with Gasteiger partial charge in [-0.1, -0.05) is 23.2 Å². The summed E-state index contributed by atoms with van der Waals surface area (Å²) in [5, 5.41) is 9.11. The van der Waals surface area contributed by atoms with Gasteiger partial charge in [0.25, 0.3) is 12.3 Å². The van der Waals surface area contributed by atoms with Crippen LogP contribution in [-0.2, 0) is 6.54 Å². The van der Waals surface area contributed by atoms with E-state index in [-0.39, 0.29) is 29.2 Å². The molecule has 0 aromatic carbocycles. The molecule has 0 radical (unpaired) electrons. The normalized spacial score (nSPS) is 15.7. The highest BCUT2D eigenvalue weighted by Crippen LogP contribution is 2.28. The second kappa shape index (κ2) is 8.21. The molecule has 0 saturated heterocycles. The fourth-order valence-electron chi connectivity index (χ4n) is 2.19. The van der Waals surface area contributed by atoms with E-state index in [2.05, 4.69) is 9.98 Å². The van der Waals surface area contributed by atoms with E-state index < -0.39 is 13.0 Å². The third-order valence-corrected chi connectivity index (χ3v) is 3.72. The first kappa shape index (κ1) is 18.4. The number of alkyl halides is 2. The zero-order valence-electron chi connectivity index (χ0n) is 12.3. The lowest BCUT2D eigenvalue weighted by molar-refractivity contribution is 0.0794. The van der Waals surface area contributed by atoms with E-state index in [1.807, 2.05) is 0 Å². The molecule has 2 heterocycles. The SMILES string of the molecule is O=C1c2ccnc(Cl)c2CN1CC(/C=N\CC(F)F)=C/C(Cl)=C/O. The second-order valence-corrected chi connectivity index (χ2v) is 5.70. The smallest absolute Gasteiger partial charge is 0.257 e. The molecule has 9 heteroatoms. The predicted octanol–water partition coefficient (Wildman–Crippen LogP) is 3.59. The van der Waals surface area contributed by atoms with Crippen molar-refractivity contribution < 1.29 is 18.7 Å². The molecule has 0 aliphatic carbocycles. The Labute approximate surface area is 146 Å². The molecule has 128 valence electrons. The molecule has 1 amide bonds. The lowest BCUT2D eigenvalue weighted by Gasteiger charge is -2.16. The van der Waals surface area contributed by atoms with Crippen molar-refractivity contribution in [3.8, 4) is 0 Å². The molecule has 1 aliphatic rings. The lowest BCUT2D eigenvalue weighted by atomic mass is 10.2. The topological polar surface area (TPSA) is 65.8 Å². The summed E-state index contributed by atoms with van der Waals surface area (Å²) in [6.07, 6.45) is 2.06. The van der Waals surface area contributed by atoms with Gasteiger partial charge >= 0.3 is 0 Å². The van der Waals surface area contributed by atoms with Crippen LogP contribution in [0.4, 0.5) is 8.78 Å². The Morgan fingerprint density at radius 1 is 1.54 bits per heavy atom. The van der Waals surface area contributed by atoms with Gasteiger partial charge in [0.2, 0.25) is 0 Å². The first-order valence-electron chi connectivity index (χ1n) is 6.83. The van der Waals surface area contributed by atoms with E-state index in [1.165, 1.54) is 23.4 Å². The molecule has 1 N–H and O–H groups in total. The molecule has 0 fully saturated rings. The molecular weight excluding hydrogens is 363 g/mol. The van der Waals surface area contributed by atoms with Crippen molar-refractivity contribution in [1.29, 1.82) is 0 Å². The number of rotatable bonds is 6. The van der Waals surface area contributed by atoms with Crippen molar-refractivity contribution in [2.45, 2.75) is 13.0 Å². The largest absolute Gasteiger partial charge is 0.514 e. The van der Waals surface area contributed by atoms with Crippen LogP contribution >= 0.6 is 23.2 Å². The fraction of sp³-hybridized carbons (Fsp3) is 0.267. The van der Waals surface area contributed by atoms with Crippen molar-refractivity contribution in [3.05, 3.63) is 51.5 Å². The van der Waals surface area contributed by atoms with Crippen LogP contribution in [-0.4, -0.2) is 46.6 Å². The summed E-state index contributed by atoms with van der Waals surface area (Å²) in [7, 11) is 0. The number of fused-ring (bicyclic) bond motifs is 1. The molecule has 1 aliphatic heterocycles. The summed E-state index contributed by atoms with van der Waals surface area (Å²) >= 11 is 11.7. The number of pyridine rings is 1. The van der Waals surface area contributed by atoms with E-state index in [0.29, 0.717) is 23.0 Å². The number of aliphatic imine (C=N–C) groups is 1. The molecule has 2 rings (SSSR count). The average Bonchev–Trinajstić information content (AvgIpc) is 2.85. The second-order valence-electron chi connectivity index (χ2n) is 4.91. The molecule has 0 bridgehead atoms. The minimum absolute atomic E-state index is 0.0163. The number of hydrogen-bond acceptors (Lipinski definition) is 4. The van der Waals surface area contributed by atoms with Gasteiger partial charge in [0.05, 0.1) is 24.4 Å². The molecule has 0 saturated carbocycles. The molecule has 24 heavy (non-hydrogen) atoms. The van der Waals surface area contributed by atoms with E-state index >= 15 is 0 Å². The summed E-state index contributed by atoms with van der Waals surface area (Å²) in [6.45, 7) is -0.357. The van der Waals surface area contributed by atoms with Gasteiger partial charge in [-0.2, -0.15) is 0 Å². The summed E-state index contributed by atoms with van der Waals surface area (Å²) in [4.78, 5) is 21.4. The van der Waals surface area contributed by atoms with Crippen molar-refractivity contribution in [2.75, 3.05) is 13.1 Å². The summed E-state index contributed by atoms with van der Waals surface area (Å²) in [5.41, 5.74) is 1.44. The fourth-order valence-corrected chi connectivity index (χ4v) is 2.54. The number of allylic oxidation sites excluding steroid dienone is 2. The van der Waals surface area contributed by atoms with Crippen molar-refractivity contribution >= 4 is 35.3 Å². The molecule has 1 aromatic rings. The molecule has 5 nitrogen and oxygen atoms in total. The Morgan fingerprint density at radius 2 is 2.29 bits per heavy atom. The minimum atomic E-state index is -2.58. The van der Waals surface area contributed by atoms with Crippen molar-refractivity contribution in [2.24, 2.45) is 4.99 Å². The first-order chi connectivity index (χ1) is 11.4. The number of nitrogens with zero attached hydrogens (tertiary/aromatic N) is 3. The van der Waals surface area contributed by atoms with Crippen LogP contribution in [0.2, 0.25) is 5.15 Å². The predicted molar refractivity (Wildman–Crippen MR) is 88.0 cm³/mol. The molecule has 0 atom stereocenters. The Bertz CT molecular complexity index is 721. The first-order valence-corrected chi connectivity index (χ1v) is 7.59. The number of aromatic nitrogens is 1. The zero-order chi connectivity index (χ0) is 17.7. The summed E-state index contributed by atoms with van der Waals surface area (Å²) < 4.78 is 24.4. The number of carbonyl (C=O) groups is 1. The van der Waals surface area contributed by atoms with E-state index in [9.17, 15) is 13.6 Å². The zero-order valence-corrected chi connectivity index (χ0v) is 13.8. The van der Waals surface area contributed by atoms with Gasteiger partial charge in [0, 0.05) is 30.1 Å². The molecule has 0 unspecified atom stereocenters. The number of aliphatic hydroxyl groups excluding tert-OH is 1. The number of amides is 1. The Balaban J connectivity index is 2.19. The third-order valence-electron chi connectivity index (χ3n) is 3.19. The Kier molecular flexibility index (Phi) is 6.28. The number of carbonyl (C=O) groups excluding carboxylic acids is 1. The minimum Gasteiger partial charge on any atom is -0.514 e. The van der Waals surface area contributed by atoms with Crippen molar-refractivity contribution in [1.82, 2.24) is 9.88 Å². The molecule has 0 spiro atoms. The third kappa shape index (κ3) is 4.52. The molecule has 1 aromatic heterocycles. The number of aliphatic hydroxyl groups is 1. The van der Waals surface area contributed by atoms with Crippen molar-refractivity contribution in [3.63, 3.8) is 0 Å². The van der Waals surface area contributed by atoms with Crippen LogP contribution in [0.25, 0.3) is 0 Å². The monoisotopic (exact) mass is 375 g/mol. The quantitative estimate of drug-likeness (QED) is 0.357. The van der Waals surface area contributed by atoms with Gasteiger partial charge in [-0.15, -0.1) is 0 Å². The van der Waals surface area contributed by atoms with Crippen LogP contribution in [0.3, 0.4) is 0 Å². The highest BCUT2D eigenvalue weighted by molar-refractivity contribution is 6.31. The van der Waals surface area contributed by atoms with E-state index in [1.54, 1.807) is 6.07 Å². The van der Waals surface area contributed by atoms with Crippen LogP contribution in [0.5, 0.6) is 0 Å². The Morgan fingerprint density at radius 3 is 2.92 bits per heavy atom. The summed E-state index contributed by atoms with van der Waals surface area (Å²) in [6, 6.07) is 1.57. The van der Waals surface area contributed by atoms with E-state index in [4.69, 9.17) is 28.3 Å². The number of halogens is 4. The maximum Gasteiger partial charge on any atom is 0.257 e. The van der Waals surface area contributed by atoms with Gasteiger partial charge in [0.15, 0.2) is 0 Å². The van der Waals surface area contributed by atoms with Crippen LogP contribution in [0, 0.1) is 0 Å². The highest BCUT2D eigenvalue weighted by atomic mass is 35.5. The standard InChI is InChI=1S/C15H13Cl2F2N3O2/c16-10(8-23)3-9(4-20-5-13(18)19)6-22-7-12-11(15(22)24)1-2-21-14(12)17/h1-4,8,13,23H,5-7H2/b9-3+,10-8-,20-4-. The van der Waals surface area contributed by atoms with Gasteiger partial charge in [-0.3, -0.25) is 9.79 Å². The van der Waals surface area contributed by atoms with Gasteiger partial charge in [-0.05, 0) is 17.7 Å². The maximum atomic E-state index is 12.4. The number of hydrogen-bond donors (Lipinski definition) is 1. The maximum absolute atomic E-state index is 12.4. The van der Waals surface area contributed by atoms with Gasteiger partial charge in [0.1, 0.15) is 5.15 Å². The van der Waals surface area contributed by atoms with Crippen LogP contribution < -0.4 is 0 Å². The molecular formula is C15H13Cl2F2N3O2. The van der Waals surface area contributed by atoms with E-state index in [0.717, 1.165) is 0 Å². The van der Waals surface area contributed by atoms with Gasteiger partial charge in [-0.25, -0.2) is 13.8 Å². The Hall–Kier alpha value is -1.99. The highest BCUT2D eigenvalue weighted by Gasteiger charge is 2.29. The van der Waals surface area contributed by atoms with Crippen LogP contribution in [0.1, 0.15) is 15.9 Å². The van der Waals surface area contributed by atoms with Crippen LogP contribution in [0.15, 0.2) is 40.2 Å². The summed E-state index contributed by atoms with van der Waals surface area (Å²) in [5.74, 6) is -0.258. The van der Waals surface area contributed by atoms with Gasteiger partial charge < -0.3 is 10.0 Å². The lowest BCUT2D eigenvalue weighted by Crippen LogP contribution is -2.26. The average molecular weight is 376 g/mol.